The van der Waals surface area contributed by atoms with Gasteiger partial charge in [0.25, 0.3) is 5.69 Å². The predicted molar refractivity (Wildman–Crippen MR) is 101 cm³/mol. The zero-order valence-electron chi connectivity index (χ0n) is 14.3. The molecule has 1 heterocycles. The third kappa shape index (κ3) is 5.88. The van der Waals surface area contributed by atoms with E-state index in [1.807, 2.05) is 13.8 Å². The highest BCUT2D eigenvalue weighted by atomic mass is 35.5. The summed E-state index contributed by atoms with van der Waals surface area (Å²) in [5.41, 5.74) is 0.501. The van der Waals surface area contributed by atoms with Gasteiger partial charge in [0.05, 0.1) is 21.4 Å². The van der Waals surface area contributed by atoms with Crippen molar-refractivity contribution >= 4 is 40.6 Å². The van der Waals surface area contributed by atoms with E-state index in [-0.39, 0.29) is 28.3 Å². The number of carbonyl (C=O) groups excluding carboxylic acids is 1. The van der Waals surface area contributed by atoms with Crippen LogP contribution in [0.4, 0.5) is 11.4 Å². The molecule has 1 aromatic heterocycles. The Labute approximate surface area is 159 Å². The maximum atomic E-state index is 11.8. The van der Waals surface area contributed by atoms with Crippen LogP contribution in [0, 0.1) is 10.1 Å². The molecule has 0 bridgehead atoms. The first kappa shape index (κ1) is 20.0. The van der Waals surface area contributed by atoms with Crippen LogP contribution < -0.4 is 10.6 Å². The Hall–Kier alpha value is -2.33. The van der Waals surface area contributed by atoms with Gasteiger partial charge in [0.2, 0.25) is 11.1 Å². The number of H-pyrrole nitrogens is 1. The molecule has 26 heavy (non-hydrogen) atoms. The van der Waals surface area contributed by atoms with Gasteiger partial charge >= 0.3 is 0 Å². The standard InChI is InChI=1S/C15H19ClN6O3S/c1-9(2)14-19-15(21-20-14)26-8-13(23)18-6-5-17-12-4-3-10(22(24)25)7-11(12)16/h3-4,7,9,17H,5-6,8H2,1-2H3,(H,18,23)(H,19,20,21). The number of aromatic nitrogens is 3. The van der Waals surface area contributed by atoms with Crippen molar-refractivity contribution in [3.8, 4) is 0 Å². The number of hydrogen-bond acceptors (Lipinski definition) is 7. The highest BCUT2D eigenvalue weighted by Crippen LogP contribution is 2.26. The number of halogens is 1. The molecule has 11 heteroatoms. The first-order valence-electron chi connectivity index (χ1n) is 7.86. The summed E-state index contributed by atoms with van der Waals surface area (Å²) in [4.78, 5) is 26.3. The van der Waals surface area contributed by atoms with Gasteiger partial charge in [-0.3, -0.25) is 20.0 Å². The van der Waals surface area contributed by atoms with E-state index >= 15 is 0 Å². The Morgan fingerprint density at radius 3 is 2.81 bits per heavy atom. The topological polar surface area (TPSA) is 126 Å². The highest BCUT2D eigenvalue weighted by Gasteiger charge is 2.10. The number of thioether (sulfide) groups is 1. The molecular formula is C15H19ClN6O3S. The molecule has 0 saturated carbocycles. The second kappa shape index (κ2) is 9.39. The normalized spacial score (nSPS) is 10.8. The molecular weight excluding hydrogens is 380 g/mol. The van der Waals surface area contributed by atoms with E-state index in [2.05, 4.69) is 25.8 Å². The number of carbonyl (C=O) groups is 1. The largest absolute Gasteiger partial charge is 0.382 e. The minimum absolute atomic E-state index is 0.0709. The summed E-state index contributed by atoms with van der Waals surface area (Å²) in [6.45, 7) is 4.84. The van der Waals surface area contributed by atoms with Gasteiger partial charge in [-0.1, -0.05) is 37.2 Å². The molecule has 0 atom stereocenters. The summed E-state index contributed by atoms with van der Waals surface area (Å²) < 4.78 is 0. The number of nitro benzene ring substituents is 1. The summed E-state index contributed by atoms with van der Waals surface area (Å²) in [6, 6.07) is 4.18. The van der Waals surface area contributed by atoms with Crippen molar-refractivity contribution in [1.82, 2.24) is 20.5 Å². The summed E-state index contributed by atoms with van der Waals surface area (Å²) in [6.07, 6.45) is 0. The average molecular weight is 399 g/mol. The number of benzene rings is 1. The molecule has 0 aliphatic heterocycles. The van der Waals surface area contributed by atoms with Crippen LogP contribution in [0.3, 0.4) is 0 Å². The summed E-state index contributed by atoms with van der Waals surface area (Å²) in [7, 11) is 0. The van der Waals surface area contributed by atoms with Gasteiger partial charge in [-0.05, 0) is 6.07 Å². The lowest BCUT2D eigenvalue weighted by Gasteiger charge is -2.09. The molecule has 0 aliphatic carbocycles. The maximum Gasteiger partial charge on any atom is 0.271 e. The minimum atomic E-state index is -0.508. The van der Waals surface area contributed by atoms with Crippen molar-refractivity contribution in [3.63, 3.8) is 0 Å². The molecule has 0 aliphatic rings. The number of rotatable bonds is 9. The fourth-order valence-corrected chi connectivity index (χ4v) is 2.80. The van der Waals surface area contributed by atoms with Gasteiger partial charge in [0, 0.05) is 31.1 Å². The number of nitrogens with one attached hydrogen (secondary N) is 3. The van der Waals surface area contributed by atoms with Crippen LogP contribution in [0.25, 0.3) is 0 Å². The lowest BCUT2D eigenvalue weighted by Crippen LogP contribution is -2.30. The Morgan fingerprint density at radius 1 is 1.42 bits per heavy atom. The van der Waals surface area contributed by atoms with E-state index in [9.17, 15) is 14.9 Å². The van der Waals surface area contributed by atoms with Gasteiger partial charge in [-0.25, -0.2) is 4.98 Å². The zero-order chi connectivity index (χ0) is 19.1. The van der Waals surface area contributed by atoms with E-state index in [1.165, 1.54) is 30.0 Å². The molecule has 0 unspecified atom stereocenters. The Morgan fingerprint density at radius 2 is 2.19 bits per heavy atom. The van der Waals surface area contributed by atoms with E-state index in [4.69, 9.17) is 11.6 Å². The van der Waals surface area contributed by atoms with Crippen molar-refractivity contribution in [3.05, 3.63) is 39.2 Å². The van der Waals surface area contributed by atoms with Crippen LogP contribution in [-0.2, 0) is 4.79 Å². The smallest absolute Gasteiger partial charge is 0.271 e. The lowest BCUT2D eigenvalue weighted by molar-refractivity contribution is -0.384. The van der Waals surface area contributed by atoms with E-state index < -0.39 is 4.92 Å². The van der Waals surface area contributed by atoms with Gasteiger partial charge in [0.1, 0.15) is 5.82 Å². The summed E-state index contributed by atoms with van der Waals surface area (Å²) in [5.74, 6) is 1.12. The van der Waals surface area contributed by atoms with Gasteiger partial charge < -0.3 is 10.6 Å². The molecule has 9 nitrogen and oxygen atoms in total. The molecule has 0 saturated heterocycles. The number of nitrogens with zero attached hydrogens (tertiary/aromatic N) is 3. The Balaban J connectivity index is 1.69. The molecule has 3 N–H and O–H groups in total. The molecule has 0 spiro atoms. The molecule has 1 aromatic carbocycles. The molecule has 140 valence electrons. The third-order valence-electron chi connectivity index (χ3n) is 3.29. The van der Waals surface area contributed by atoms with Crippen LogP contribution in [0.5, 0.6) is 0 Å². The number of nitro groups is 1. The monoisotopic (exact) mass is 398 g/mol. The molecule has 2 rings (SSSR count). The van der Waals surface area contributed by atoms with Crippen molar-refractivity contribution in [2.24, 2.45) is 0 Å². The molecule has 0 fully saturated rings. The van der Waals surface area contributed by atoms with Gasteiger partial charge in [-0.2, -0.15) is 0 Å². The number of aromatic amines is 1. The average Bonchev–Trinajstić information content (AvgIpc) is 3.07. The van der Waals surface area contributed by atoms with Crippen molar-refractivity contribution in [1.29, 1.82) is 0 Å². The van der Waals surface area contributed by atoms with Crippen LogP contribution >= 0.6 is 23.4 Å². The number of amides is 1. The van der Waals surface area contributed by atoms with Gasteiger partial charge in [0.15, 0.2) is 0 Å². The number of anilines is 1. The lowest BCUT2D eigenvalue weighted by atomic mass is 10.2. The van der Waals surface area contributed by atoms with Crippen molar-refractivity contribution in [2.75, 3.05) is 24.2 Å². The first-order chi connectivity index (χ1) is 12.4. The van der Waals surface area contributed by atoms with Crippen molar-refractivity contribution in [2.45, 2.75) is 24.9 Å². The number of hydrogen-bond donors (Lipinski definition) is 3. The molecule has 1 amide bonds. The zero-order valence-corrected chi connectivity index (χ0v) is 15.9. The van der Waals surface area contributed by atoms with E-state index in [0.29, 0.717) is 23.9 Å². The minimum Gasteiger partial charge on any atom is -0.382 e. The third-order valence-corrected chi connectivity index (χ3v) is 4.45. The molecule has 0 radical (unpaired) electrons. The van der Waals surface area contributed by atoms with Crippen molar-refractivity contribution < 1.29 is 9.72 Å². The summed E-state index contributed by atoms with van der Waals surface area (Å²) in [5, 5.41) is 24.1. The summed E-state index contributed by atoms with van der Waals surface area (Å²) >= 11 is 7.24. The van der Waals surface area contributed by atoms with E-state index in [0.717, 1.165) is 5.82 Å². The second-order valence-corrected chi connectivity index (χ2v) is 6.99. The Kier molecular flexibility index (Phi) is 7.22. The second-order valence-electron chi connectivity index (χ2n) is 5.64. The Bertz CT molecular complexity index is 782. The van der Waals surface area contributed by atoms with Crippen LogP contribution in [0.1, 0.15) is 25.6 Å². The first-order valence-corrected chi connectivity index (χ1v) is 9.22. The van der Waals surface area contributed by atoms with Crippen LogP contribution in [0.15, 0.2) is 23.4 Å². The van der Waals surface area contributed by atoms with Crippen LogP contribution in [-0.4, -0.2) is 44.9 Å². The fourth-order valence-electron chi connectivity index (χ4n) is 1.92. The number of non-ortho nitro benzene ring substituents is 1. The van der Waals surface area contributed by atoms with E-state index in [1.54, 1.807) is 0 Å². The fraction of sp³-hybridized carbons (Fsp3) is 0.400. The predicted octanol–water partition coefficient (Wildman–Crippen LogP) is 2.81. The quantitative estimate of drug-likeness (QED) is 0.256. The van der Waals surface area contributed by atoms with Gasteiger partial charge in [-0.15, -0.1) is 5.10 Å². The molecule has 2 aromatic rings. The highest BCUT2D eigenvalue weighted by molar-refractivity contribution is 7.99. The SMILES string of the molecule is CC(C)c1nc(SCC(=O)NCCNc2ccc([N+](=O)[O-])cc2Cl)n[nH]1. The van der Waals surface area contributed by atoms with Crippen LogP contribution in [0.2, 0.25) is 5.02 Å². The maximum absolute atomic E-state index is 11.8.